The topological polar surface area (TPSA) is 65.8 Å². The molecule has 0 saturated carbocycles. The van der Waals surface area contributed by atoms with Gasteiger partial charge >= 0.3 is 0 Å². The number of para-hydroxylation sites is 1. The van der Waals surface area contributed by atoms with Gasteiger partial charge in [0.1, 0.15) is 11.3 Å². The minimum absolute atomic E-state index is 0.177. The van der Waals surface area contributed by atoms with E-state index >= 15 is 0 Å². The van der Waals surface area contributed by atoms with Gasteiger partial charge in [-0.15, -0.1) is 11.3 Å². The average molecular weight is 383 g/mol. The summed E-state index contributed by atoms with van der Waals surface area (Å²) in [7, 11) is 0. The lowest BCUT2D eigenvalue weighted by Gasteiger charge is -2.33. The predicted molar refractivity (Wildman–Crippen MR) is 107 cm³/mol. The van der Waals surface area contributed by atoms with Crippen LogP contribution in [0.5, 0.6) is 0 Å². The maximum absolute atomic E-state index is 13.1. The van der Waals surface area contributed by atoms with E-state index in [4.69, 9.17) is 4.42 Å². The Balaban J connectivity index is 1.65. The van der Waals surface area contributed by atoms with E-state index < -0.39 is 0 Å². The molecule has 0 aliphatic carbocycles. The van der Waals surface area contributed by atoms with Gasteiger partial charge in [-0.3, -0.25) is 9.59 Å². The molecule has 0 radical (unpaired) electrons. The molecular weight excluding hydrogens is 362 g/mol. The molecule has 2 amide bonds. The Bertz CT molecular complexity index is 956. The zero-order valence-electron chi connectivity index (χ0n) is 15.1. The summed E-state index contributed by atoms with van der Waals surface area (Å²) in [5, 5.41) is 5.48. The van der Waals surface area contributed by atoms with Crippen LogP contribution in [0.2, 0.25) is 0 Å². The number of nitrogens with zero attached hydrogens (tertiary/aromatic N) is 2. The zero-order chi connectivity index (χ0) is 18.8. The first-order valence-corrected chi connectivity index (χ1v) is 9.93. The molecule has 0 unspecified atom stereocenters. The van der Waals surface area contributed by atoms with Crippen molar-refractivity contribution in [2.24, 2.45) is 0 Å². The van der Waals surface area contributed by atoms with Crippen molar-refractivity contribution in [2.75, 3.05) is 38.0 Å². The number of amides is 2. The van der Waals surface area contributed by atoms with Crippen LogP contribution in [0.25, 0.3) is 11.0 Å². The fourth-order valence-electron chi connectivity index (χ4n) is 3.31. The third-order valence-electron chi connectivity index (χ3n) is 4.88. The standard InChI is InChI=1S/C20H21N3O3S/c1-2-22-9-11-23(12-10-22)20(25)18-17(14-6-3-4-7-15(14)26-18)21-19(24)16-8-5-13-27-16/h3-8,13H,2,9-12H2,1H3,(H,21,24). The Morgan fingerprint density at radius 3 is 2.59 bits per heavy atom. The monoisotopic (exact) mass is 383 g/mol. The zero-order valence-corrected chi connectivity index (χ0v) is 15.9. The summed E-state index contributed by atoms with van der Waals surface area (Å²) in [5.74, 6) is -0.212. The molecule has 1 fully saturated rings. The Kier molecular flexibility index (Phi) is 4.96. The molecule has 3 heterocycles. The smallest absolute Gasteiger partial charge is 0.291 e. The number of nitrogens with one attached hydrogen (secondary N) is 1. The van der Waals surface area contributed by atoms with Gasteiger partial charge in [-0.05, 0) is 30.1 Å². The normalized spacial score (nSPS) is 15.2. The molecule has 27 heavy (non-hydrogen) atoms. The van der Waals surface area contributed by atoms with Crippen molar-refractivity contribution in [1.82, 2.24) is 9.80 Å². The summed E-state index contributed by atoms with van der Waals surface area (Å²) in [6, 6.07) is 11.0. The first-order valence-electron chi connectivity index (χ1n) is 9.05. The summed E-state index contributed by atoms with van der Waals surface area (Å²) >= 11 is 1.36. The second-order valence-electron chi connectivity index (χ2n) is 6.46. The number of likely N-dealkylation sites (N-methyl/N-ethyl adjacent to an activating group) is 1. The molecule has 7 heteroatoms. The SMILES string of the molecule is CCN1CCN(C(=O)c2oc3ccccc3c2NC(=O)c2cccs2)CC1. The number of anilines is 1. The van der Waals surface area contributed by atoms with Crippen LogP contribution in [0.15, 0.2) is 46.2 Å². The van der Waals surface area contributed by atoms with Crippen LogP contribution in [0.3, 0.4) is 0 Å². The fraction of sp³-hybridized carbons (Fsp3) is 0.300. The van der Waals surface area contributed by atoms with E-state index in [2.05, 4.69) is 17.1 Å². The molecule has 1 aliphatic rings. The molecular formula is C20H21N3O3S. The highest BCUT2D eigenvalue weighted by molar-refractivity contribution is 7.12. The quantitative estimate of drug-likeness (QED) is 0.749. The highest BCUT2D eigenvalue weighted by atomic mass is 32.1. The molecule has 2 aromatic heterocycles. The number of benzene rings is 1. The maximum Gasteiger partial charge on any atom is 0.291 e. The number of thiophene rings is 1. The lowest BCUT2D eigenvalue weighted by atomic mass is 10.2. The fourth-order valence-corrected chi connectivity index (χ4v) is 3.93. The molecule has 0 bridgehead atoms. The number of piperazine rings is 1. The van der Waals surface area contributed by atoms with E-state index in [-0.39, 0.29) is 17.6 Å². The molecule has 0 atom stereocenters. The van der Waals surface area contributed by atoms with E-state index in [1.54, 1.807) is 11.0 Å². The molecule has 0 spiro atoms. The maximum atomic E-state index is 13.1. The third kappa shape index (κ3) is 3.48. The Labute approximate surface area is 161 Å². The van der Waals surface area contributed by atoms with Crippen LogP contribution < -0.4 is 5.32 Å². The summed E-state index contributed by atoms with van der Waals surface area (Å²) in [6.45, 7) is 6.10. The Morgan fingerprint density at radius 2 is 1.89 bits per heavy atom. The van der Waals surface area contributed by atoms with E-state index in [0.29, 0.717) is 29.2 Å². The van der Waals surface area contributed by atoms with Crippen molar-refractivity contribution >= 4 is 39.8 Å². The molecule has 6 nitrogen and oxygen atoms in total. The van der Waals surface area contributed by atoms with Gasteiger partial charge < -0.3 is 19.5 Å². The van der Waals surface area contributed by atoms with Gasteiger partial charge in [0.2, 0.25) is 5.76 Å². The first kappa shape index (κ1) is 17.8. The Morgan fingerprint density at radius 1 is 1.11 bits per heavy atom. The number of fused-ring (bicyclic) bond motifs is 1. The summed E-state index contributed by atoms with van der Waals surface area (Å²) in [6.07, 6.45) is 0. The molecule has 1 saturated heterocycles. The van der Waals surface area contributed by atoms with Gasteiger partial charge in [-0.1, -0.05) is 25.1 Å². The molecule has 3 aromatic rings. The number of hydrogen-bond donors (Lipinski definition) is 1. The second kappa shape index (κ2) is 7.54. The molecule has 1 aromatic carbocycles. The number of carbonyl (C=O) groups excluding carboxylic acids is 2. The van der Waals surface area contributed by atoms with Crippen molar-refractivity contribution in [3.63, 3.8) is 0 Å². The van der Waals surface area contributed by atoms with E-state index in [1.807, 2.05) is 35.7 Å². The van der Waals surface area contributed by atoms with Crippen LogP contribution in [0, 0.1) is 0 Å². The van der Waals surface area contributed by atoms with Gasteiger partial charge in [0.05, 0.1) is 4.88 Å². The van der Waals surface area contributed by atoms with Crippen LogP contribution in [0.1, 0.15) is 27.2 Å². The minimum Gasteiger partial charge on any atom is -0.449 e. The number of rotatable bonds is 4. The van der Waals surface area contributed by atoms with E-state index in [1.165, 1.54) is 11.3 Å². The summed E-state index contributed by atoms with van der Waals surface area (Å²) < 4.78 is 5.87. The van der Waals surface area contributed by atoms with Gasteiger partial charge in [0, 0.05) is 31.6 Å². The lowest BCUT2D eigenvalue weighted by molar-refractivity contribution is 0.0616. The van der Waals surface area contributed by atoms with Gasteiger partial charge in [-0.2, -0.15) is 0 Å². The van der Waals surface area contributed by atoms with Crippen molar-refractivity contribution < 1.29 is 14.0 Å². The average Bonchev–Trinajstić information content (AvgIpc) is 3.36. The van der Waals surface area contributed by atoms with Crippen molar-refractivity contribution in [3.05, 3.63) is 52.4 Å². The van der Waals surface area contributed by atoms with Gasteiger partial charge in [0.15, 0.2) is 0 Å². The number of carbonyl (C=O) groups is 2. The largest absolute Gasteiger partial charge is 0.449 e. The highest BCUT2D eigenvalue weighted by Crippen LogP contribution is 2.32. The molecule has 140 valence electrons. The first-order chi connectivity index (χ1) is 13.2. The summed E-state index contributed by atoms with van der Waals surface area (Å²) in [4.78, 5) is 30.4. The molecule has 1 aliphatic heterocycles. The predicted octanol–water partition coefficient (Wildman–Crippen LogP) is 3.52. The van der Waals surface area contributed by atoms with E-state index in [9.17, 15) is 9.59 Å². The van der Waals surface area contributed by atoms with Crippen LogP contribution in [-0.4, -0.2) is 54.3 Å². The molecule has 4 rings (SSSR count). The van der Waals surface area contributed by atoms with E-state index in [0.717, 1.165) is 25.0 Å². The second-order valence-corrected chi connectivity index (χ2v) is 7.41. The van der Waals surface area contributed by atoms with Crippen LogP contribution in [-0.2, 0) is 0 Å². The number of hydrogen-bond acceptors (Lipinski definition) is 5. The summed E-state index contributed by atoms with van der Waals surface area (Å²) in [5.41, 5.74) is 1.04. The molecule has 1 N–H and O–H groups in total. The van der Waals surface area contributed by atoms with Crippen LogP contribution >= 0.6 is 11.3 Å². The van der Waals surface area contributed by atoms with Gasteiger partial charge in [-0.25, -0.2) is 0 Å². The highest BCUT2D eigenvalue weighted by Gasteiger charge is 2.28. The van der Waals surface area contributed by atoms with Crippen molar-refractivity contribution in [2.45, 2.75) is 6.92 Å². The van der Waals surface area contributed by atoms with Crippen molar-refractivity contribution in [1.29, 1.82) is 0 Å². The lowest BCUT2D eigenvalue weighted by Crippen LogP contribution is -2.48. The minimum atomic E-state index is -0.235. The van der Waals surface area contributed by atoms with Gasteiger partial charge in [0.25, 0.3) is 11.8 Å². The number of furan rings is 1. The Hall–Kier alpha value is -2.64. The van der Waals surface area contributed by atoms with Crippen LogP contribution in [0.4, 0.5) is 5.69 Å². The third-order valence-corrected chi connectivity index (χ3v) is 5.75. The van der Waals surface area contributed by atoms with Crippen molar-refractivity contribution in [3.8, 4) is 0 Å².